The number of hydrogen-bond donors (Lipinski definition) is 2. The molecule has 3 heterocycles. The summed E-state index contributed by atoms with van der Waals surface area (Å²) in [6.07, 6.45) is 2.56. The quantitative estimate of drug-likeness (QED) is 0.883. The summed E-state index contributed by atoms with van der Waals surface area (Å²) >= 11 is 5.89. The lowest BCUT2D eigenvalue weighted by Gasteiger charge is -2.24. The lowest BCUT2D eigenvalue weighted by molar-refractivity contribution is 0.152. The molecular weight excluding hydrogens is 294 g/mol. The minimum absolute atomic E-state index is 0.0389. The first kappa shape index (κ1) is 14.1. The van der Waals surface area contributed by atoms with E-state index in [9.17, 15) is 9.90 Å². The minimum Gasteiger partial charge on any atom is -0.394 e. The SMILES string of the molecule is CC1CCN(C(=O)Nc2nc3cc(Cl)ccn3n2)C1CO. The van der Waals surface area contributed by atoms with Crippen LogP contribution < -0.4 is 5.32 Å². The summed E-state index contributed by atoms with van der Waals surface area (Å²) in [5, 5.41) is 16.8. The predicted octanol–water partition coefficient (Wildman–Crippen LogP) is 1.62. The van der Waals surface area contributed by atoms with Gasteiger partial charge in [0.2, 0.25) is 0 Å². The first-order valence-corrected chi connectivity index (χ1v) is 7.16. The zero-order valence-electron chi connectivity index (χ0n) is 11.5. The lowest BCUT2D eigenvalue weighted by Crippen LogP contribution is -2.42. The second kappa shape index (κ2) is 5.50. The Hall–Kier alpha value is -1.86. The maximum absolute atomic E-state index is 12.3. The molecule has 2 N–H and O–H groups in total. The minimum atomic E-state index is -0.291. The van der Waals surface area contributed by atoms with Crippen LogP contribution in [0.1, 0.15) is 13.3 Å². The van der Waals surface area contributed by atoms with Crippen molar-refractivity contribution < 1.29 is 9.90 Å². The van der Waals surface area contributed by atoms with Gasteiger partial charge in [0.05, 0.1) is 12.6 Å². The molecule has 2 atom stereocenters. The zero-order valence-corrected chi connectivity index (χ0v) is 12.3. The second-order valence-corrected chi connectivity index (χ2v) is 5.66. The van der Waals surface area contributed by atoms with Gasteiger partial charge in [-0.2, -0.15) is 4.98 Å². The van der Waals surface area contributed by atoms with Gasteiger partial charge in [-0.25, -0.2) is 9.31 Å². The number of aromatic nitrogens is 3. The molecule has 2 aromatic rings. The molecule has 2 unspecified atom stereocenters. The molecule has 0 aromatic carbocycles. The van der Waals surface area contributed by atoms with Crippen molar-refractivity contribution in [2.45, 2.75) is 19.4 Å². The van der Waals surface area contributed by atoms with E-state index in [1.54, 1.807) is 23.2 Å². The van der Waals surface area contributed by atoms with Crippen LogP contribution in [0.25, 0.3) is 5.65 Å². The third kappa shape index (κ3) is 2.66. The monoisotopic (exact) mass is 309 g/mol. The molecule has 1 fully saturated rings. The molecular formula is C13H16ClN5O2. The topological polar surface area (TPSA) is 82.8 Å². The third-order valence-corrected chi connectivity index (χ3v) is 4.08. The Labute approximate surface area is 126 Å². The van der Waals surface area contributed by atoms with Crippen molar-refractivity contribution in [2.75, 3.05) is 18.5 Å². The molecule has 112 valence electrons. The number of fused-ring (bicyclic) bond motifs is 1. The summed E-state index contributed by atoms with van der Waals surface area (Å²) in [5.41, 5.74) is 0.561. The summed E-state index contributed by atoms with van der Waals surface area (Å²) < 4.78 is 1.54. The van der Waals surface area contributed by atoms with Crippen LogP contribution in [0.2, 0.25) is 5.02 Å². The molecule has 2 amide bonds. The van der Waals surface area contributed by atoms with Crippen LogP contribution in [0.3, 0.4) is 0 Å². The highest BCUT2D eigenvalue weighted by atomic mass is 35.5. The molecule has 1 saturated heterocycles. The second-order valence-electron chi connectivity index (χ2n) is 5.22. The van der Waals surface area contributed by atoms with Gasteiger partial charge >= 0.3 is 6.03 Å². The highest BCUT2D eigenvalue weighted by Gasteiger charge is 2.34. The summed E-state index contributed by atoms with van der Waals surface area (Å²) in [6.45, 7) is 2.61. The van der Waals surface area contributed by atoms with Crippen LogP contribution in [0.15, 0.2) is 18.3 Å². The van der Waals surface area contributed by atoms with E-state index in [1.807, 2.05) is 6.92 Å². The smallest absolute Gasteiger partial charge is 0.324 e. The van der Waals surface area contributed by atoms with Crippen molar-refractivity contribution in [3.05, 3.63) is 23.4 Å². The molecule has 0 bridgehead atoms. The van der Waals surface area contributed by atoms with E-state index < -0.39 is 0 Å². The van der Waals surface area contributed by atoms with E-state index >= 15 is 0 Å². The average Bonchev–Trinajstić information content (AvgIpc) is 3.00. The third-order valence-electron chi connectivity index (χ3n) is 3.85. The van der Waals surface area contributed by atoms with Gasteiger partial charge in [0.15, 0.2) is 5.65 Å². The van der Waals surface area contributed by atoms with E-state index in [4.69, 9.17) is 11.6 Å². The number of anilines is 1. The number of carbonyl (C=O) groups is 1. The highest BCUT2D eigenvalue weighted by Crippen LogP contribution is 2.24. The van der Waals surface area contributed by atoms with E-state index in [2.05, 4.69) is 15.4 Å². The van der Waals surface area contributed by atoms with Gasteiger partial charge in [-0.05, 0) is 18.4 Å². The molecule has 2 aromatic heterocycles. The Morgan fingerprint density at radius 2 is 2.43 bits per heavy atom. The molecule has 0 spiro atoms. The summed E-state index contributed by atoms with van der Waals surface area (Å²) in [7, 11) is 0. The first-order valence-electron chi connectivity index (χ1n) is 6.79. The summed E-state index contributed by atoms with van der Waals surface area (Å²) in [5.74, 6) is 0.507. The van der Waals surface area contributed by atoms with Crippen molar-refractivity contribution in [1.82, 2.24) is 19.5 Å². The molecule has 7 nitrogen and oxygen atoms in total. The number of urea groups is 1. The predicted molar refractivity (Wildman–Crippen MR) is 78.4 cm³/mol. The number of aliphatic hydroxyl groups excluding tert-OH is 1. The molecule has 0 saturated carbocycles. The number of carbonyl (C=O) groups excluding carboxylic acids is 1. The Morgan fingerprint density at radius 3 is 3.19 bits per heavy atom. The van der Waals surface area contributed by atoms with Crippen LogP contribution in [-0.4, -0.2) is 49.8 Å². The molecule has 21 heavy (non-hydrogen) atoms. The number of aliphatic hydroxyl groups is 1. The fraction of sp³-hybridized carbons (Fsp3) is 0.462. The van der Waals surface area contributed by atoms with Gasteiger partial charge in [0, 0.05) is 23.8 Å². The van der Waals surface area contributed by atoms with Gasteiger partial charge in [-0.15, -0.1) is 5.10 Å². The number of pyridine rings is 1. The maximum Gasteiger partial charge on any atom is 0.324 e. The van der Waals surface area contributed by atoms with Gasteiger partial charge in [-0.3, -0.25) is 5.32 Å². The van der Waals surface area contributed by atoms with Crippen LogP contribution in [0.5, 0.6) is 0 Å². The van der Waals surface area contributed by atoms with Crippen molar-refractivity contribution in [1.29, 1.82) is 0 Å². The van der Waals surface area contributed by atoms with E-state index in [1.165, 1.54) is 4.52 Å². The Balaban J connectivity index is 1.77. The lowest BCUT2D eigenvalue weighted by atomic mass is 10.0. The highest BCUT2D eigenvalue weighted by molar-refractivity contribution is 6.30. The molecule has 3 rings (SSSR count). The van der Waals surface area contributed by atoms with Gasteiger partial charge in [-0.1, -0.05) is 18.5 Å². The number of amides is 2. The number of likely N-dealkylation sites (tertiary alicyclic amines) is 1. The van der Waals surface area contributed by atoms with Crippen LogP contribution >= 0.6 is 11.6 Å². The average molecular weight is 310 g/mol. The molecule has 8 heteroatoms. The Morgan fingerprint density at radius 1 is 1.62 bits per heavy atom. The maximum atomic E-state index is 12.3. The Kier molecular flexibility index (Phi) is 3.69. The standard InChI is InChI=1S/C13H16ClN5O2/c1-8-2-4-18(10(8)7-20)13(21)16-12-15-11-6-9(14)3-5-19(11)17-12/h3,5-6,8,10,20H,2,4,7H2,1H3,(H,16,17,21). The molecule has 0 radical (unpaired) electrons. The molecule has 1 aliphatic rings. The van der Waals surface area contributed by atoms with Gasteiger partial charge in [0.1, 0.15) is 0 Å². The van der Waals surface area contributed by atoms with Gasteiger partial charge in [0.25, 0.3) is 5.95 Å². The fourth-order valence-corrected chi connectivity index (χ4v) is 2.77. The van der Waals surface area contributed by atoms with Crippen molar-refractivity contribution in [3.63, 3.8) is 0 Å². The number of halogens is 1. The largest absolute Gasteiger partial charge is 0.394 e. The number of nitrogens with one attached hydrogen (secondary N) is 1. The van der Waals surface area contributed by atoms with Crippen LogP contribution in [0.4, 0.5) is 10.7 Å². The van der Waals surface area contributed by atoms with Crippen molar-refractivity contribution >= 4 is 29.2 Å². The number of rotatable bonds is 2. The van der Waals surface area contributed by atoms with Crippen LogP contribution in [-0.2, 0) is 0 Å². The van der Waals surface area contributed by atoms with Crippen molar-refractivity contribution in [3.8, 4) is 0 Å². The van der Waals surface area contributed by atoms with E-state index in [-0.39, 0.29) is 30.5 Å². The Bertz CT molecular complexity index is 674. The van der Waals surface area contributed by atoms with E-state index in [0.717, 1.165) is 6.42 Å². The van der Waals surface area contributed by atoms with Gasteiger partial charge < -0.3 is 10.0 Å². The number of hydrogen-bond acceptors (Lipinski definition) is 4. The van der Waals surface area contributed by atoms with Crippen LogP contribution in [0, 0.1) is 5.92 Å². The normalized spacial score (nSPS) is 22.0. The molecule has 0 aliphatic carbocycles. The van der Waals surface area contributed by atoms with E-state index in [0.29, 0.717) is 17.2 Å². The number of nitrogens with zero attached hydrogens (tertiary/aromatic N) is 4. The first-order chi connectivity index (χ1) is 10.1. The summed E-state index contributed by atoms with van der Waals surface area (Å²) in [4.78, 5) is 18.1. The summed E-state index contributed by atoms with van der Waals surface area (Å²) in [6, 6.07) is 2.91. The molecule has 1 aliphatic heterocycles. The van der Waals surface area contributed by atoms with Crippen molar-refractivity contribution in [2.24, 2.45) is 5.92 Å². The zero-order chi connectivity index (χ0) is 15.0. The fourth-order valence-electron chi connectivity index (χ4n) is 2.62.